The minimum Gasteiger partial charge on any atom is -0.632 e. The Hall–Kier alpha value is -0.870. The summed E-state index contributed by atoms with van der Waals surface area (Å²) >= 11 is 0. The van der Waals surface area contributed by atoms with E-state index in [4.69, 9.17) is 4.74 Å². The Balaban J connectivity index is 1.58. The van der Waals surface area contributed by atoms with Gasteiger partial charge in [0.15, 0.2) is 0 Å². The van der Waals surface area contributed by atoms with Crippen molar-refractivity contribution in [3.05, 3.63) is 16.9 Å². The molecule has 1 spiro atoms. The van der Waals surface area contributed by atoms with E-state index in [9.17, 15) is 10.0 Å². The van der Waals surface area contributed by atoms with Crippen molar-refractivity contribution in [2.45, 2.75) is 82.9 Å². The summed E-state index contributed by atoms with van der Waals surface area (Å²) in [4.78, 5) is 12.4. The lowest BCUT2D eigenvalue weighted by molar-refractivity contribution is -0.936. The van der Waals surface area contributed by atoms with Crippen LogP contribution in [0.2, 0.25) is 0 Å². The molecule has 4 nitrogen and oxygen atoms in total. The molecular weight excluding hydrogens is 326 g/mol. The van der Waals surface area contributed by atoms with Crippen LogP contribution >= 0.6 is 0 Å². The van der Waals surface area contributed by atoms with Gasteiger partial charge < -0.3 is 14.6 Å². The van der Waals surface area contributed by atoms with E-state index in [0.717, 1.165) is 38.6 Å². The molecule has 3 saturated heterocycles. The highest BCUT2D eigenvalue weighted by atomic mass is 16.6. The van der Waals surface area contributed by atoms with Crippen LogP contribution in [0.25, 0.3) is 0 Å². The summed E-state index contributed by atoms with van der Waals surface area (Å²) in [5.41, 5.74) is 0.940. The molecule has 0 aromatic rings. The average Bonchev–Trinajstić information content (AvgIpc) is 3.27. The first-order valence-electron chi connectivity index (χ1n) is 10.9. The summed E-state index contributed by atoms with van der Waals surface area (Å²) in [5, 5.41) is 14.7. The molecule has 0 aromatic heterocycles. The van der Waals surface area contributed by atoms with Crippen molar-refractivity contribution >= 4 is 5.97 Å². The second-order valence-electron chi connectivity index (χ2n) is 10.5. The first-order valence-corrected chi connectivity index (χ1v) is 10.9. The lowest BCUT2D eigenvalue weighted by Gasteiger charge is -2.70. The van der Waals surface area contributed by atoms with Crippen LogP contribution in [-0.4, -0.2) is 34.8 Å². The smallest absolute Gasteiger partial charge is 0.306 e. The molecule has 5 fully saturated rings. The summed E-state index contributed by atoms with van der Waals surface area (Å²) < 4.78 is 6.31. The summed E-state index contributed by atoms with van der Waals surface area (Å²) in [6.07, 6.45) is 10.6. The fourth-order valence-corrected chi connectivity index (χ4v) is 9.05. The van der Waals surface area contributed by atoms with Crippen LogP contribution in [0.4, 0.5) is 0 Å². The predicted molar refractivity (Wildman–Crippen MR) is 97.7 cm³/mol. The predicted octanol–water partition coefficient (Wildman–Crippen LogP) is 3.94. The second kappa shape index (κ2) is 4.75. The number of hydrogen-bond acceptors (Lipinski definition) is 3. The second-order valence-corrected chi connectivity index (χ2v) is 10.5. The highest BCUT2D eigenvalue weighted by molar-refractivity contribution is 5.71. The fraction of sp³-hybridized carbons (Fsp3) is 0.864. The van der Waals surface area contributed by atoms with Gasteiger partial charge in [0.25, 0.3) is 0 Å². The van der Waals surface area contributed by atoms with E-state index < -0.39 is 5.60 Å². The van der Waals surface area contributed by atoms with Gasteiger partial charge in [-0.25, -0.2) is 0 Å². The SMILES string of the molecule is C[C@@H]1C[N@+]2([O-])[C@H]3C4=CCC[C@H]4CC[C@@H]3[C@@]3(C)OC(=O)CCC34CC[C@H]1[C@@H]42. The number of rotatable bonds is 0. The number of fused-ring (bicyclic) bond motifs is 5. The van der Waals surface area contributed by atoms with Crippen LogP contribution in [0.15, 0.2) is 11.6 Å². The molecule has 0 N–H and O–H groups in total. The number of hydroxylamine groups is 3. The standard InChI is InChI=1S/C22H31NO3/c1-13-12-23(25)19-16-5-3-4-14(16)6-7-17(19)21(2)22(11-9-18(24)26-21)10-8-15(13)20(22)23/h5,13-15,17,19-20H,3-4,6-12H2,1-2H3/t13-,14+,15-,17+,19+,20+,21-,22?,23+/m1/s1. The first-order chi connectivity index (χ1) is 12.4. The minimum atomic E-state index is -0.433. The summed E-state index contributed by atoms with van der Waals surface area (Å²) in [7, 11) is 0. The third kappa shape index (κ3) is 1.56. The molecule has 4 heteroatoms. The maximum atomic E-state index is 14.7. The normalized spacial score (nSPS) is 59.8. The monoisotopic (exact) mass is 357 g/mol. The van der Waals surface area contributed by atoms with E-state index in [-0.39, 0.29) is 34.0 Å². The lowest BCUT2D eigenvalue weighted by atomic mass is 9.51. The average molecular weight is 357 g/mol. The van der Waals surface area contributed by atoms with Gasteiger partial charge in [-0.1, -0.05) is 13.0 Å². The molecule has 142 valence electrons. The number of allylic oxidation sites excluding steroid dienone is 1. The minimum absolute atomic E-state index is 0.0198. The van der Waals surface area contributed by atoms with E-state index in [0.29, 0.717) is 24.2 Å². The van der Waals surface area contributed by atoms with Crippen LogP contribution < -0.4 is 0 Å². The molecule has 0 radical (unpaired) electrons. The van der Waals surface area contributed by atoms with Gasteiger partial charge in [-0.3, -0.25) is 4.79 Å². The van der Waals surface area contributed by atoms with Crippen LogP contribution in [-0.2, 0) is 9.53 Å². The van der Waals surface area contributed by atoms with E-state index in [1.54, 1.807) is 0 Å². The Labute approximate surface area is 156 Å². The molecular formula is C22H31NO3. The van der Waals surface area contributed by atoms with Crippen molar-refractivity contribution in [3.63, 3.8) is 0 Å². The summed E-state index contributed by atoms with van der Waals surface area (Å²) in [6, 6.07) is 0.202. The Bertz CT molecular complexity index is 718. The number of quaternary nitrogens is 1. The van der Waals surface area contributed by atoms with Crippen molar-refractivity contribution in [2.24, 2.45) is 29.1 Å². The zero-order chi connectivity index (χ0) is 17.9. The molecule has 3 aliphatic heterocycles. The molecule has 6 aliphatic rings. The summed E-state index contributed by atoms with van der Waals surface area (Å²) in [5.74, 6) is 1.82. The largest absolute Gasteiger partial charge is 0.632 e. The van der Waals surface area contributed by atoms with Crippen LogP contribution in [0.3, 0.4) is 0 Å². The van der Waals surface area contributed by atoms with E-state index in [1.807, 2.05) is 0 Å². The first kappa shape index (κ1) is 16.1. The molecule has 26 heavy (non-hydrogen) atoms. The zero-order valence-corrected chi connectivity index (χ0v) is 16.1. The summed E-state index contributed by atoms with van der Waals surface area (Å²) in [6.45, 7) is 5.32. The number of ether oxygens (including phenoxy) is 1. The van der Waals surface area contributed by atoms with Gasteiger partial charge >= 0.3 is 5.97 Å². The van der Waals surface area contributed by atoms with E-state index in [1.165, 1.54) is 18.4 Å². The number of carbonyl (C=O) groups excluding carboxylic acids is 1. The Morgan fingerprint density at radius 1 is 1.23 bits per heavy atom. The molecule has 6 rings (SSSR count). The van der Waals surface area contributed by atoms with Gasteiger partial charge in [0, 0.05) is 18.3 Å². The van der Waals surface area contributed by atoms with Crippen LogP contribution in [0, 0.1) is 34.3 Å². The lowest BCUT2D eigenvalue weighted by Crippen LogP contribution is -2.78. The van der Waals surface area contributed by atoms with Crippen molar-refractivity contribution in [3.8, 4) is 0 Å². The molecule has 1 unspecified atom stereocenters. The molecule has 2 saturated carbocycles. The van der Waals surface area contributed by atoms with E-state index in [2.05, 4.69) is 19.9 Å². The maximum Gasteiger partial charge on any atom is 0.306 e. The maximum absolute atomic E-state index is 14.7. The highest BCUT2D eigenvalue weighted by Crippen LogP contribution is 2.71. The molecule has 3 heterocycles. The van der Waals surface area contributed by atoms with Crippen molar-refractivity contribution in [1.82, 2.24) is 0 Å². The number of hydrogen-bond donors (Lipinski definition) is 0. The highest BCUT2D eigenvalue weighted by Gasteiger charge is 2.78. The zero-order valence-electron chi connectivity index (χ0n) is 16.1. The third-order valence-corrected chi connectivity index (χ3v) is 9.85. The Morgan fingerprint density at radius 3 is 2.92 bits per heavy atom. The Morgan fingerprint density at radius 2 is 2.08 bits per heavy atom. The van der Waals surface area contributed by atoms with Crippen LogP contribution in [0.1, 0.15) is 65.2 Å². The molecule has 3 aliphatic carbocycles. The van der Waals surface area contributed by atoms with Gasteiger partial charge in [0.1, 0.15) is 17.7 Å². The molecule has 9 atom stereocenters. The Kier molecular flexibility index (Phi) is 2.94. The van der Waals surface area contributed by atoms with Gasteiger partial charge in [-0.05, 0) is 63.4 Å². The van der Waals surface area contributed by atoms with Crippen molar-refractivity contribution in [2.75, 3.05) is 6.54 Å². The van der Waals surface area contributed by atoms with Crippen LogP contribution in [0.5, 0.6) is 0 Å². The number of esters is 1. The van der Waals surface area contributed by atoms with Crippen molar-refractivity contribution < 1.29 is 14.2 Å². The third-order valence-electron chi connectivity index (χ3n) is 9.85. The van der Waals surface area contributed by atoms with Gasteiger partial charge in [0.05, 0.1) is 17.9 Å². The molecule has 0 bridgehead atoms. The topological polar surface area (TPSA) is 49.4 Å². The number of piperidine rings is 1. The van der Waals surface area contributed by atoms with Crippen molar-refractivity contribution in [1.29, 1.82) is 0 Å². The number of carbonyl (C=O) groups is 1. The number of nitrogens with zero attached hydrogens (tertiary/aromatic N) is 1. The van der Waals surface area contributed by atoms with Gasteiger partial charge in [-0.2, -0.15) is 0 Å². The quantitative estimate of drug-likeness (QED) is 0.286. The molecule has 0 amide bonds. The van der Waals surface area contributed by atoms with Gasteiger partial charge in [0.2, 0.25) is 0 Å². The van der Waals surface area contributed by atoms with E-state index >= 15 is 0 Å². The fourth-order valence-electron chi connectivity index (χ4n) is 9.05. The van der Waals surface area contributed by atoms with Gasteiger partial charge in [-0.15, -0.1) is 0 Å². The molecule has 0 aromatic carbocycles.